The zero-order valence-electron chi connectivity index (χ0n) is 59.2. The zero-order chi connectivity index (χ0) is 71.2. The van der Waals surface area contributed by atoms with Crippen molar-refractivity contribution < 1.29 is 9.31 Å². The molecule has 0 saturated carbocycles. The van der Waals surface area contributed by atoms with Crippen LogP contribution < -0.4 is 5.46 Å². The van der Waals surface area contributed by atoms with Crippen LogP contribution in [0.25, 0.3) is 185 Å². The average Bonchev–Trinajstić information content (AvgIpc) is 0.804. The lowest BCUT2D eigenvalue weighted by molar-refractivity contribution is 0.00578. The normalized spacial score (nSPS) is 13.4. The molecule has 20 aromatic rings. The van der Waals surface area contributed by atoms with E-state index >= 15 is 0 Å². The molecule has 18 aromatic carbocycles. The van der Waals surface area contributed by atoms with Gasteiger partial charge in [-0.2, -0.15) is 0 Å². The van der Waals surface area contributed by atoms with E-state index in [0.717, 1.165) is 43.9 Å². The molecule has 0 bridgehead atoms. The molecule has 1 aliphatic heterocycles. The number of halogens is 1. The SMILES string of the molecule is CC1(C)OB(c2ccc3c(-c4ccc5ccccc5c4)c4ccccc4c(-c4ccc5ccccc5c4)c3c2)OC1(C)C.Clc1ccc2ccc3ccccc3c2n1.c1ccc2cc(-c3c4ccccc4c(-c4ccc5ccccc5c4)c4cc(-c5ccc6ccc7ccccc7c6n5)ccc34)ccc2c1. The van der Waals surface area contributed by atoms with E-state index in [-0.39, 0.29) is 0 Å². The Labute approximate surface area is 620 Å². The Balaban J connectivity index is 0.000000122. The first-order valence-electron chi connectivity index (χ1n) is 36.4. The highest BCUT2D eigenvalue weighted by atomic mass is 35.5. The third-order valence-corrected chi connectivity index (χ3v) is 22.4. The van der Waals surface area contributed by atoms with Crippen LogP contribution in [0.5, 0.6) is 0 Å². The van der Waals surface area contributed by atoms with E-state index in [1.807, 2.05) is 24.3 Å². The maximum atomic E-state index is 6.53. The summed E-state index contributed by atoms with van der Waals surface area (Å²) in [6.07, 6.45) is 0. The van der Waals surface area contributed by atoms with E-state index < -0.39 is 18.3 Å². The predicted molar refractivity (Wildman–Crippen MR) is 453 cm³/mol. The van der Waals surface area contributed by atoms with Gasteiger partial charge in [0.05, 0.1) is 27.9 Å². The maximum absolute atomic E-state index is 6.53. The number of aromatic nitrogens is 2. The van der Waals surface area contributed by atoms with Gasteiger partial charge in [0.25, 0.3) is 0 Å². The third-order valence-electron chi connectivity index (χ3n) is 22.2. The van der Waals surface area contributed by atoms with Gasteiger partial charge in [0.2, 0.25) is 0 Å². The molecule has 0 radical (unpaired) electrons. The summed E-state index contributed by atoms with van der Waals surface area (Å²) in [6, 6.07) is 127. The number of fused-ring (bicyclic) bond motifs is 14. The van der Waals surface area contributed by atoms with Crippen LogP contribution >= 0.6 is 11.6 Å². The van der Waals surface area contributed by atoms with Crippen molar-refractivity contribution in [2.45, 2.75) is 38.9 Å². The van der Waals surface area contributed by atoms with Gasteiger partial charge in [-0.3, -0.25) is 0 Å². The first kappa shape index (κ1) is 64.5. The first-order chi connectivity index (χ1) is 51.9. The predicted octanol–water partition coefficient (Wildman–Crippen LogP) is 27.0. The second-order valence-electron chi connectivity index (χ2n) is 29.0. The van der Waals surface area contributed by atoms with Crippen LogP contribution in [0.1, 0.15) is 27.7 Å². The monoisotopic (exact) mass is 1380 g/mol. The molecule has 0 amide bonds. The van der Waals surface area contributed by atoms with Gasteiger partial charge >= 0.3 is 7.12 Å². The second kappa shape index (κ2) is 26.1. The molecule has 1 saturated heterocycles. The van der Waals surface area contributed by atoms with Gasteiger partial charge in [-0.15, -0.1) is 0 Å². The lowest BCUT2D eigenvalue weighted by atomic mass is 9.76. The van der Waals surface area contributed by atoms with Gasteiger partial charge in [-0.1, -0.05) is 315 Å². The smallest absolute Gasteiger partial charge is 0.399 e. The summed E-state index contributed by atoms with van der Waals surface area (Å²) in [6.45, 7) is 8.44. The summed E-state index contributed by atoms with van der Waals surface area (Å²) in [5.41, 5.74) is 14.2. The van der Waals surface area contributed by atoms with E-state index in [1.54, 1.807) is 0 Å². The van der Waals surface area contributed by atoms with Crippen molar-refractivity contribution in [3.63, 3.8) is 0 Å². The number of nitrogens with zero attached hydrogens (tertiary/aromatic N) is 2. The molecule has 4 nitrogen and oxygen atoms in total. The molecule has 0 atom stereocenters. The fraction of sp³-hybridized carbons (Fsp3) is 0.0600. The molecule has 0 unspecified atom stereocenters. The van der Waals surface area contributed by atoms with Crippen LogP contribution in [0, 0.1) is 0 Å². The van der Waals surface area contributed by atoms with Gasteiger partial charge in [0, 0.05) is 27.1 Å². The first-order valence-corrected chi connectivity index (χ1v) is 36.8. The Morgan fingerprint density at radius 3 is 0.953 bits per heavy atom. The summed E-state index contributed by atoms with van der Waals surface area (Å²) >= 11 is 5.91. The van der Waals surface area contributed by atoms with Crippen LogP contribution in [0.2, 0.25) is 5.15 Å². The average molecular weight is 1380 g/mol. The van der Waals surface area contributed by atoms with E-state index in [0.29, 0.717) is 5.15 Å². The van der Waals surface area contributed by atoms with Crippen LogP contribution in [0.15, 0.2) is 352 Å². The van der Waals surface area contributed by atoms with Gasteiger partial charge in [-0.05, 0) is 223 Å². The Morgan fingerprint density at radius 2 is 0.528 bits per heavy atom. The van der Waals surface area contributed by atoms with Gasteiger partial charge in [-0.25, -0.2) is 9.97 Å². The van der Waals surface area contributed by atoms with Crippen molar-refractivity contribution in [1.82, 2.24) is 9.97 Å². The summed E-state index contributed by atoms with van der Waals surface area (Å²) in [4.78, 5) is 9.67. The summed E-state index contributed by atoms with van der Waals surface area (Å²) in [5.74, 6) is 0. The van der Waals surface area contributed by atoms with E-state index in [2.05, 4.69) is 360 Å². The topological polar surface area (TPSA) is 44.2 Å². The summed E-state index contributed by atoms with van der Waals surface area (Å²) in [7, 11) is -0.436. The zero-order valence-corrected chi connectivity index (χ0v) is 59.9. The lowest BCUT2D eigenvalue weighted by Crippen LogP contribution is -2.41. The van der Waals surface area contributed by atoms with Crippen molar-refractivity contribution in [2.24, 2.45) is 0 Å². The van der Waals surface area contributed by atoms with Crippen LogP contribution in [0.4, 0.5) is 0 Å². The minimum atomic E-state index is -0.436. The molecule has 0 aliphatic carbocycles. The second-order valence-corrected chi connectivity index (χ2v) is 29.4. The van der Waals surface area contributed by atoms with Crippen molar-refractivity contribution in [3.8, 4) is 55.8 Å². The fourth-order valence-corrected chi connectivity index (χ4v) is 16.3. The maximum Gasteiger partial charge on any atom is 0.494 e. The summed E-state index contributed by atoms with van der Waals surface area (Å²) < 4.78 is 13.1. The fourth-order valence-electron chi connectivity index (χ4n) is 16.1. The molecule has 0 spiro atoms. The Kier molecular flexibility index (Phi) is 15.9. The number of benzene rings is 18. The number of pyridine rings is 2. The third kappa shape index (κ3) is 11.4. The highest BCUT2D eigenvalue weighted by molar-refractivity contribution is 6.62. The van der Waals surface area contributed by atoms with E-state index in [4.69, 9.17) is 25.9 Å². The number of hydrogen-bond acceptors (Lipinski definition) is 4. The van der Waals surface area contributed by atoms with Gasteiger partial charge < -0.3 is 9.31 Å². The molecule has 1 fully saturated rings. The quantitative estimate of drug-likeness (QED) is 0.0720. The Bertz CT molecular complexity index is 6950. The van der Waals surface area contributed by atoms with Crippen molar-refractivity contribution in [2.75, 3.05) is 0 Å². The van der Waals surface area contributed by atoms with Crippen molar-refractivity contribution in [1.29, 1.82) is 0 Å². The highest BCUT2D eigenvalue weighted by Crippen LogP contribution is 2.48. The molecule has 1 aliphatic rings. The van der Waals surface area contributed by atoms with Crippen LogP contribution in [-0.4, -0.2) is 28.3 Å². The minimum absolute atomic E-state index is 0.409. The summed E-state index contributed by atoms with van der Waals surface area (Å²) in [5, 5.41) is 27.4. The van der Waals surface area contributed by atoms with Crippen LogP contribution in [-0.2, 0) is 9.31 Å². The molecule has 3 heterocycles. The van der Waals surface area contributed by atoms with E-state index in [9.17, 15) is 0 Å². The molecule has 2 aromatic heterocycles. The Hall–Kier alpha value is -12.3. The molecule has 0 N–H and O–H groups in total. The van der Waals surface area contributed by atoms with Gasteiger partial charge in [0.1, 0.15) is 5.15 Å². The number of hydrogen-bond donors (Lipinski definition) is 0. The lowest BCUT2D eigenvalue weighted by Gasteiger charge is -2.32. The molecule has 106 heavy (non-hydrogen) atoms. The molecule has 21 rings (SSSR count). The van der Waals surface area contributed by atoms with Crippen LogP contribution in [0.3, 0.4) is 0 Å². The minimum Gasteiger partial charge on any atom is -0.399 e. The molecule has 6 heteroatoms. The molecular formula is C100H70BClN2O2. The molecule has 502 valence electrons. The van der Waals surface area contributed by atoms with Crippen molar-refractivity contribution in [3.05, 3.63) is 357 Å². The van der Waals surface area contributed by atoms with Gasteiger partial charge in [0.15, 0.2) is 0 Å². The number of rotatable bonds is 6. The van der Waals surface area contributed by atoms with E-state index in [1.165, 1.54) is 147 Å². The van der Waals surface area contributed by atoms with Crippen molar-refractivity contribution >= 4 is 154 Å². The standard InChI is InChI=1S/C47H29N.C40H33BO2.C13H8ClN/c1-3-12-34-27-37(21-17-30(34)9-1)45-40-15-7-8-16-41(40)46(38-22-18-31-10-2-4-13-35(31)28-38)43-29-36(23-25-42(43)45)44-26-24-33-20-19-32-11-5-6-14-39(32)47(33)48-44;1-39(2)40(3,4)43-41(42-39)32-21-22-35-36(25-32)38(31-20-18-27-12-6-8-14-29(27)24-31)34-16-10-9-15-33(34)37(35)30-19-17-26-11-5-7-13-28(26)23-30;14-12-8-7-10-6-5-9-3-1-2-4-11(9)13(10)15-12/h1-29H;5-25H,1-4H3;1-8H. The highest BCUT2D eigenvalue weighted by Gasteiger charge is 2.52. The molecular weight excluding hydrogens is 1310 g/mol. The Morgan fingerprint density at radius 1 is 0.236 bits per heavy atom. The largest absolute Gasteiger partial charge is 0.494 e.